The maximum atomic E-state index is 13.7. The van der Waals surface area contributed by atoms with Crippen molar-refractivity contribution in [2.45, 2.75) is 50.6 Å². The van der Waals surface area contributed by atoms with E-state index >= 15 is 0 Å². The first-order valence-corrected chi connectivity index (χ1v) is 13.1. The Hall–Kier alpha value is -2.94. The van der Waals surface area contributed by atoms with Gasteiger partial charge in [0.1, 0.15) is 5.82 Å². The zero-order valence-corrected chi connectivity index (χ0v) is 20.1. The molecule has 34 heavy (non-hydrogen) atoms. The number of carbonyl (C=O) groups is 1. The van der Waals surface area contributed by atoms with Crippen LogP contribution in [0.5, 0.6) is 0 Å². The summed E-state index contributed by atoms with van der Waals surface area (Å²) in [5, 5.41) is 2.84. The van der Waals surface area contributed by atoms with Gasteiger partial charge in [0.15, 0.2) is 9.84 Å². The number of sulfone groups is 1. The minimum Gasteiger partial charge on any atom is -0.345 e. The lowest BCUT2D eigenvalue weighted by Gasteiger charge is -2.38. The molecule has 1 aliphatic carbocycles. The van der Waals surface area contributed by atoms with E-state index in [9.17, 15) is 22.0 Å². The van der Waals surface area contributed by atoms with Gasteiger partial charge in [0, 0.05) is 23.7 Å². The van der Waals surface area contributed by atoms with Gasteiger partial charge in [-0.15, -0.1) is 0 Å². The summed E-state index contributed by atoms with van der Waals surface area (Å²) in [6.45, 7) is 9.99. The molecule has 1 atom stereocenters. The number of hydrogen-bond acceptors (Lipinski definition) is 5. The van der Waals surface area contributed by atoms with Crippen LogP contribution in [-0.4, -0.2) is 43.3 Å². The van der Waals surface area contributed by atoms with Crippen molar-refractivity contribution >= 4 is 32.8 Å². The number of benzene rings is 2. The zero-order valence-electron chi connectivity index (χ0n) is 19.3. The predicted molar refractivity (Wildman–Crippen MR) is 129 cm³/mol. The van der Waals surface area contributed by atoms with E-state index in [4.69, 9.17) is 0 Å². The Morgan fingerprint density at radius 1 is 1.15 bits per heavy atom. The van der Waals surface area contributed by atoms with Crippen LogP contribution in [0.15, 0.2) is 54.9 Å². The second-order valence-electron chi connectivity index (χ2n) is 10.1. The number of halogens is 2. The van der Waals surface area contributed by atoms with Crippen LogP contribution in [0.4, 0.5) is 25.8 Å². The smallest absolute Gasteiger partial charge is 0.255 e. The quantitative estimate of drug-likeness (QED) is 0.670. The number of carbonyl (C=O) groups excluding carboxylic acids is 1. The first kappa shape index (κ1) is 22.8. The summed E-state index contributed by atoms with van der Waals surface area (Å²) in [4.78, 5) is 16.8. The van der Waals surface area contributed by atoms with Gasteiger partial charge in [-0.3, -0.25) is 9.69 Å². The van der Waals surface area contributed by atoms with Crippen molar-refractivity contribution in [1.82, 2.24) is 5.32 Å². The van der Waals surface area contributed by atoms with E-state index in [1.807, 2.05) is 35.8 Å². The first-order chi connectivity index (χ1) is 15.8. The fraction of sp³-hybridized carbons (Fsp3) is 0.400. The highest BCUT2D eigenvalue weighted by molar-refractivity contribution is 7.93. The second-order valence-corrected chi connectivity index (χ2v) is 12.1. The maximum absolute atomic E-state index is 13.7. The number of alkyl halides is 2. The largest absolute Gasteiger partial charge is 0.345 e. The maximum Gasteiger partial charge on any atom is 0.255 e. The fourth-order valence-electron chi connectivity index (χ4n) is 5.10. The van der Waals surface area contributed by atoms with Crippen molar-refractivity contribution in [2.24, 2.45) is 0 Å². The molecule has 0 spiro atoms. The molecule has 2 aliphatic heterocycles. The van der Waals surface area contributed by atoms with Crippen LogP contribution >= 0.6 is 0 Å². The van der Waals surface area contributed by atoms with Gasteiger partial charge >= 0.3 is 0 Å². The molecular weight excluding hydrogens is 460 g/mol. The SMILES string of the molecule is C=C1N(c2cccc(C3CC3(F)F)c2)c2ccc(C(=O)NC3(C)CS(=O)(=O)C3)cc2N1C(C)C. The number of anilines is 3. The molecule has 0 bridgehead atoms. The van der Waals surface area contributed by atoms with Crippen LogP contribution < -0.4 is 15.1 Å². The monoisotopic (exact) mass is 487 g/mol. The summed E-state index contributed by atoms with van der Waals surface area (Å²) < 4.78 is 50.5. The number of nitrogens with one attached hydrogen (secondary N) is 1. The number of rotatable bonds is 5. The van der Waals surface area contributed by atoms with Gasteiger partial charge < -0.3 is 10.2 Å². The minimum atomic E-state index is -3.09. The molecule has 1 saturated heterocycles. The molecular formula is C25H27F2N3O3S. The molecule has 1 amide bonds. The third kappa shape index (κ3) is 3.76. The van der Waals surface area contributed by atoms with E-state index in [-0.39, 0.29) is 29.9 Å². The van der Waals surface area contributed by atoms with Gasteiger partial charge in [-0.25, -0.2) is 17.2 Å². The van der Waals surface area contributed by atoms with Crippen molar-refractivity contribution in [1.29, 1.82) is 0 Å². The second kappa shape index (κ2) is 7.28. The lowest BCUT2D eigenvalue weighted by molar-refractivity contribution is 0.0916. The van der Waals surface area contributed by atoms with Gasteiger partial charge in [-0.2, -0.15) is 0 Å². The van der Waals surface area contributed by atoms with Crippen LogP contribution in [0.2, 0.25) is 0 Å². The number of fused-ring (bicyclic) bond motifs is 1. The molecule has 6 nitrogen and oxygen atoms in total. The normalized spacial score (nSPS) is 23.5. The summed E-state index contributed by atoms with van der Waals surface area (Å²) in [5.41, 5.74) is 2.55. The molecule has 1 saturated carbocycles. The molecule has 9 heteroatoms. The molecule has 5 rings (SSSR count). The molecule has 1 unspecified atom stereocenters. The first-order valence-electron chi connectivity index (χ1n) is 11.2. The average molecular weight is 488 g/mol. The van der Waals surface area contributed by atoms with Gasteiger partial charge in [0.2, 0.25) is 0 Å². The van der Waals surface area contributed by atoms with Crippen molar-refractivity contribution in [3.8, 4) is 0 Å². The van der Waals surface area contributed by atoms with E-state index in [0.717, 1.165) is 17.1 Å². The molecule has 0 radical (unpaired) electrons. The van der Waals surface area contributed by atoms with Crippen LogP contribution in [-0.2, 0) is 9.84 Å². The summed E-state index contributed by atoms with van der Waals surface area (Å²) in [7, 11) is -3.09. The molecule has 2 heterocycles. The molecule has 3 aliphatic rings. The van der Waals surface area contributed by atoms with Gasteiger partial charge in [0.05, 0.1) is 34.3 Å². The van der Waals surface area contributed by atoms with Crippen molar-refractivity contribution in [3.63, 3.8) is 0 Å². The standard InChI is InChI=1S/C25H27F2N3O3S/c1-15(2)29-16(3)30(19-7-5-6-17(10-19)20-12-25(20,26)27)21-9-8-18(11-22(21)29)23(31)28-24(4)13-34(32,33)14-24/h5-11,15,20H,3,12-14H2,1-2,4H3,(H,28,31). The highest BCUT2D eigenvalue weighted by atomic mass is 32.2. The molecule has 2 aromatic rings. The van der Waals surface area contributed by atoms with Crippen LogP contribution in [0.25, 0.3) is 0 Å². The highest BCUT2D eigenvalue weighted by Crippen LogP contribution is 2.56. The molecule has 2 fully saturated rings. The van der Waals surface area contributed by atoms with Gasteiger partial charge in [-0.05, 0) is 56.7 Å². The third-order valence-electron chi connectivity index (χ3n) is 6.64. The Kier molecular flexibility index (Phi) is 4.89. The number of nitrogens with zero attached hydrogens (tertiary/aromatic N) is 2. The summed E-state index contributed by atoms with van der Waals surface area (Å²) in [6.07, 6.45) is -0.134. The lowest BCUT2D eigenvalue weighted by atomic mass is 10.1. The Morgan fingerprint density at radius 3 is 2.41 bits per heavy atom. The highest BCUT2D eigenvalue weighted by Gasteiger charge is 2.57. The zero-order chi connectivity index (χ0) is 24.6. The average Bonchev–Trinajstić information content (AvgIpc) is 3.24. The lowest BCUT2D eigenvalue weighted by Crippen LogP contribution is -2.63. The summed E-state index contributed by atoms with van der Waals surface area (Å²) in [5.74, 6) is -3.23. The van der Waals surface area contributed by atoms with Crippen molar-refractivity contribution in [2.75, 3.05) is 21.3 Å². The molecule has 1 N–H and O–H groups in total. The van der Waals surface area contributed by atoms with E-state index in [1.165, 1.54) is 0 Å². The summed E-state index contributed by atoms with van der Waals surface area (Å²) >= 11 is 0. The van der Waals surface area contributed by atoms with E-state index in [0.29, 0.717) is 16.9 Å². The van der Waals surface area contributed by atoms with Gasteiger partial charge in [0.25, 0.3) is 11.8 Å². The Balaban J connectivity index is 1.48. The van der Waals surface area contributed by atoms with Crippen LogP contribution in [0, 0.1) is 0 Å². The molecule has 2 aromatic carbocycles. The van der Waals surface area contributed by atoms with E-state index in [2.05, 4.69) is 11.9 Å². The Labute approximate surface area is 198 Å². The third-order valence-corrected chi connectivity index (χ3v) is 8.79. The van der Waals surface area contributed by atoms with E-state index in [1.54, 1.807) is 37.3 Å². The van der Waals surface area contributed by atoms with Crippen molar-refractivity contribution < 1.29 is 22.0 Å². The topological polar surface area (TPSA) is 69.7 Å². The number of hydrogen-bond donors (Lipinski definition) is 1. The van der Waals surface area contributed by atoms with Crippen molar-refractivity contribution in [3.05, 3.63) is 66.0 Å². The van der Waals surface area contributed by atoms with Crippen LogP contribution in [0.3, 0.4) is 0 Å². The summed E-state index contributed by atoms with van der Waals surface area (Å²) in [6, 6.07) is 12.4. The Bertz CT molecular complexity index is 1310. The number of amides is 1. The molecule has 180 valence electrons. The van der Waals surface area contributed by atoms with Gasteiger partial charge in [-0.1, -0.05) is 18.7 Å². The van der Waals surface area contributed by atoms with E-state index < -0.39 is 27.2 Å². The predicted octanol–water partition coefficient (Wildman–Crippen LogP) is 4.56. The Morgan fingerprint density at radius 2 is 1.82 bits per heavy atom. The molecule has 0 aromatic heterocycles. The van der Waals surface area contributed by atoms with Crippen LogP contribution in [0.1, 0.15) is 49.0 Å². The minimum absolute atomic E-state index is 0.0276. The fourth-order valence-corrected chi connectivity index (χ4v) is 7.10.